The molecule has 0 bridgehead atoms. The van der Waals surface area contributed by atoms with Gasteiger partial charge in [0.25, 0.3) is 0 Å². The lowest BCUT2D eigenvalue weighted by molar-refractivity contribution is -0.121. The number of amides is 1. The fraction of sp³-hybridized carbons (Fsp3) is 0.417. The molecule has 0 radical (unpaired) electrons. The van der Waals surface area contributed by atoms with Crippen LogP contribution in [0.3, 0.4) is 0 Å². The number of nitrogens with one attached hydrogen (secondary N) is 1. The van der Waals surface area contributed by atoms with Gasteiger partial charge in [-0.3, -0.25) is 4.79 Å². The second-order valence-electron chi connectivity index (χ2n) is 3.62. The Bertz CT molecular complexity index is 314. The Hall–Kier alpha value is -1.39. The average molecular weight is 222 g/mol. The number of carbonyl (C=O) groups excluding carboxylic acids is 1. The van der Waals surface area contributed by atoms with E-state index in [0.717, 1.165) is 5.56 Å². The lowest BCUT2D eigenvalue weighted by Crippen LogP contribution is -2.43. The first-order valence-electron chi connectivity index (χ1n) is 5.28. The zero-order chi connectivity index (χ0) is 11.8. The highest BCUT2D eigenvalue weighted by atomic mass is 16.5. The third kappa shape index (κ3) is 4.42. The molecule has 0 spiro atoms. The van der Waals surface area contributed by atoms with Crippen LogP contribution >= 0.6 is 0 Å². The van der Waals surface area contributed by atoms with Gasteiger partial charge in [-0.15, -0.1) is 0 Å². The van der Waals surface area contributed by atoms with E-state index in [9.17, 15) is 4.79 Å². The molecule has 0 heterocycles. The van der Waals surface area contributed by atoms with E-state index in [4.69, 9.17) is 10.5 Å². The third-order valence-electron chi connectivity index (χ3n) is 2.22. The second kappa shape index (κ2) is 6.98. The Labute approximate surface area is 95.8 Å². The molecule has 0 aliphatic rings. The predicted octanol–water partition coefficient (Wildman–Crippen LogP) is 0.319. The number of ether oxygens (including phenoxy) is 1. The molecule has 4 heteroatoms. The number of hydrogen-bond donors (Lipinski definition) is 2. The molecule has 1 amide bonds. The van der Waals surface area contributed by atoms with E-state index in [2.05, 4.69) is 5.32 Å². The van der Waals surface area contributed by atoms with Crippen molar-refractivity contribution in [2.24, 2.45) is 5.73 Å². The molecule has 1 unspecified atom stereocenters. The molecule has 0 aromatic heterocycles. The van der Waals surface area contributed by atoms with Crippen molar-refractivity contribution in [3.8, 4) is 0 Å². The molecule has 0 saturated carbocycles. The van der Waals surface area contributed by atoms with Crippen LogP contribution in [-0.4, -0.2) is 32.2 Å². The van der Waals surface area contributed by atoms with E-state index in [1.165, 1.54) is 0 Å². The van der Waals surface area contributed by atoms with E-state index >= 15 is 0 Å². The number of rotatable bonds is 6. The molecule has 0 aliphatic heterocycles. The van der Waals surface area contributed by atoms with Gasteiger partial charge in [0.2, 0.25) is 5.91 Å². The van der Waals surface area contributed by atoms with Gasteiger partial charge in [-0.1, -0.05) is 30.3 Å². The highest BCUT2D eigenvalue weighted by Gasteiger charge is 2.10. The Balaban J connectivity index is 2.41. The quantitative estimate of drug-likeness (QED) is 0.728. The molecule has 4 nitrogen and oxygen atoms in total. The van der Waals surface area contributed by atoms with Gasteiger partial charge in [-0.05, 0) is 5.56 Å². The Morgan fingerprint density at radius 3 is 2.69 bits per heavy atom. The molecular formula is C12H18N2O2. The van der Waals surface area contributed by atoms with Gasteiger partial charge in [0.1, 0.15) is 0 Å². The van der Waals surface area contributed by atoms with Crippen LogP contribution in [0, 0.1) is 0 Å². The SMILES string of the molecule is COCC(CN)NC(=O)Cc1ccccc1. The standard InChI is InChI=1S/C12H18N2O2/c1-16-9-11(8-13)14-12(15)7-10-5-3-2-4-6-10/h2-6,11H,7-9,13H2,1H3,(H,14,15). The second-order valence-corrected chi connectivity index (χ2v) is 3.62. The Morgan fingerprint density at radius 1 is 1.44 bits per heavy atom. The smallest absolute Gasteiger partial charge is 0.224 e. The minimum atomic E-state index is -0.110. The van der Waals surface area contributed by atoms with Gasteiger partial charge in [0.15, 0.2) is 0 Å². The van der Waals surface area contributed by atoms with Gasteiger partial charge < -0.3 is 15.8 Å². The zero-order valence-electron chi connectivity index (χ0n) is 9.48. The van der Waals surface area contributed by atoms with Crippen molar-refractivity contribution >= 4 is 5.91 Å². The minimum absolute atomic E-state index is 0.0290. The van der Waals surface area contributed by atoms with Crippen molar-refractivity contribution in [2.45, 2.75) is 12.5 Å². The summed E-state index contributed by atoms with van der Waals surface area (Å²) >= 11 is 0. The van der Waals surface area contributed by atoms with Crippen LogP contribution in [0.25, 0.3) is 0 Å². The number of benzene rings is 1. The molecule has 1 aromatic carbocycles. The summed E-state index contributed by atoms with van der Waals surface area (Å²) < 4.78 is 4.95. The molecule has 1 atom stereocenters. The highest BCUT2D eigenvalue weighted by molar-refractivity contribution is 5.78. The summed E-state index contributed by atoms with van der Waals surface area (Å²) in [5.41, 5.74) is 6.50. The Morgan fingerprint density at radius 2 is 2.12 bits per heavy atom. The summed E-state index contributed by atoms with van der Waals surface area (Å²) in [6, 6.07) is 9.49. The minimum Gasteiger partial charge on any atom is -0.383 e. The monoisotopic (exact) mass is 222 g/mol. The van der Waals surface area contributed by atoms with Crippen molar-refractivity contribution in [3.63, 3.8) is 0 Å². The van der Waals surface area contributed by atoms with Gasteiger partial charge in [0.05, 0.1) is 19.1 Å². The number of nitrogens with two attached hydrogens (primary N) is 1. The number of hydrogen-bond acceptors (Lipinski definition) is 3. The molecule has 16 heavy (non-hydrogen) atoms. The van der Waals surface area contributed by atoms with E-state index in [1.54, 1.807) is 7.11 Å². The number of carbonyl (C=O) groups is 1. The van der Waals surface area contributed by atoms with Crippen LogP contribution < -0.4 is 11.1 Å². The van der Waals surface area contributed by atoms with Gasteiger partial charge in [-0.25, -0.2) is 0 Å². The normalized spacial score (nSPS) is 12.1. The Kier molecular flexibility index (Phi) is 5.53. The topological polar surface area (TPSA) is 64.3 Å². The lowest BCUT2D eigenvalue weighted by Gasteiger charge is -2.15. The van der Waals surface area contributed by atoms with Crippen LogP contribution in [0.2, 0.25) is 0 Å². The lowest BCUT2D eigenvalue weighted by atomic mass is 10.1. The molecule has 1 rings (SSSR count). The van der Waals surface area contributed by atoms with Gasteiger partial charge >= 0.3 is 0 Å². The van der Waals surface area contributed by atoms with Crippen molar-refractivity contribution in [1.29, 1.82) is 0 Å². The average Bonchev–Trinajstić information content (AvgIpc) is 2.29. The van der Waals surface area contributed by atoms with Crippen LogP contribution in [0.5, 0.6) is 0 Å². The summed E-state index contributed by atoms with van der Waals surface area (Å²) in [6.45, 7) is 0.825. The first kappa shape index (κ1) is 12.7. The van der Waals surface area contributed by atoms with Crippen LogP contribution in [0.1, 0.15) is 5.56 Å². The summed E-state index contributed by atoms with van der Waals surface area (Å²) in [5.74, 6) is -0.0290. The number of methoxy groups -OCH3 is 1. The van der Waals surface area contributed by atoms with Crippen LogP contribution in [0.4, 0.5) is 0 Å². The van der Waals surface area contributed by atoms with Crippen molar-refractivity contribution < 1.29 is 9.53 Å². The molecule has 3 N–H and O–H groups in total. The van der Waals surface area contributed by atoms with Gasteiger partial charge in [0, 0.05) is 13.7 Å². The summed E-state index contributed by atoms with van der Waals surface area (Å²) in [4.78, 5) is 11.6. The summed E-state index contributed by atoms with van der Waals surface area (Å²) in [6.07, 6.45) is 0.376. The van der Waals surface area contributed by atoms with Gasteiger partial charge in [-0.2, -0.15) is 0 Å². The zero-order valence-corrected chi connectivity index (χ0v) is 9.48. The van der Waals surface area contributed by atoms with E-state index in [-0.39, 0.29) is 11.9 Å². The maximum absolute atomic E-state index is 11.6. The maximum atomic E-state index is 11.6. The third-order valence-corrected chi connectivity index (χ3v) is 2.22. The molecule has 88 valence electrons. The first-order chi connectivity index (χ1) is 7.76. The largest absolute Gasteiger partial charge is 0.383 e. The van der Waals surface area contributed by atoms with E-state index < -0.39 is 0 Å². The summed E-state index contributed by atoms with van der Waals surface area (Å²) in [7, 11) is 1.59. The van der Waals surface area contributed by atoms with E-state index in [1.807, 2.05) is 30.3 Å². The highest BCUT2D eigenvalue weighted by Crippen LogP contribution is 1.99. The fourth-order valence-electron chi connectivity index (χ4n) is 1.43. The van der Waals surface area contributed by atoms with Crippen LogP contribution in [-0.2, 0) is 16.0 Å². The molecule has 0 aliphatic carbocycles. The van der Waals surface area contributed by atoms with Crippen molar-refractivity contribution in [1.82, 2.24) is 5.32 Å². The van der Waals surface area contributed by atoms with Crippen molar-refractivity contribution in [2.75, 3.05) is 20.3 Å². The summed E-state index contributed by atoms with van der Waals surface area (Å²) in [5, 5.41) is 2.83. The van der Waals surface area contributed by atoms with Crippen molar-refractivity contribution in [3.05, 3.63) is 35.9 Å². The fourth-order valence-corrected chi connectivity index (χ4v) is 1.43. The molecule has 1 aromatic rings. The van der Waals surface area contributed by atoms with E-state index in [0.29, 0.717) is 19.6 Å². The molecule has 0 saturated heterocycles. The molecule has 0 fully saturated rings. The first-order valence-corrected chi connectivity index (χ1v) is 5.28. The predicted molar refractivity (Wildman–Crippen MR) is 63.0 cm³/mol. The molecular weight excluding hydrogens is 204 g/mol. The van der Waals surface area contributed by atoms with Crippen LogP contribution in [0.15, 0.2) is 30.3 Å². The maximum Gasteiger partial charge on any atom is 0.224 e.